The monoisotopic (exact) mass is 158 g/mol. The summed E-state index contributed by atoms with van der Waals surface area (Å²) in [7, 11) is 0. The highest BCUT2D eigenvalue weighted by molar-refractivity contribution is 4.83. The van der Waals surface area contributed by atoms with Gasteiger partial charge in [-0.3, -0.25) is 0 Å². The van der Waals surface area contributed by atoms with Crippen LogP contribution in [0.2, 0.25) is 0 Å². The van der Waals surface area contributed by atoms with Crippen LogP contribution in [0, 0.1) is 11.3 Å². The van der Waals surface area contributed by atoms with Crippen molar-refractivity contribution in [2.75, 3.05) is 13.2 Å². The molecule has 0 aromatic carbocycles. The molecule has 0 aromatic rings. The minimum Gasteiger partial charge on any atom is -0.396 e. The van der Waals surface area contributed by atoms with Gasteiger partial charge in [-0.05, 0) is 18.8 Å². The van der Waals surface area contributed by atoms with Gasteiger partial charge in [-0.2, -0.15) is 0 Å². The predicted octanol–water partition coefficient (Wildman–Crippen LogP) is 1.17. The van der Waals surface area contributed by atoms with Crippen LogP contribution in [0.25, 0.3) is 0 Å². The van der Waals surface area contributed by atoms with Gasteiger partial charge in [0.15, 0.2) is 0 Å². The van der Waals surface area contributed by atoms with Gasteiger partial charge in [0.1, 0.15) is 0 Å². The summed E-state index contributed by atoms with van der Waals surface area (Å²) in [6.07, 6.45) is 4.28. The molecule has 0 atom stereocenters. The number of hydrogen-bond donors (Lipinski definition) is 2. The lowest BCUT2D eigenvalue weighted by molar-refractivity contribution is 0.0130. The zero-order chi connectivity index (χ0) is 8.32. The van der Waals surface area contributed by atoms with E-state index in [4.69, 9.17) is 10.2 Å². The lowest BCUT2D eigenvalue weighted by atomic mass is 9.72. The standard InChI is InChI=1S/C9H18O2/c1-8-2-4-9(6-10,7-11)5-3-8/h8,10-11H,2-7H2,1H3. The molecule has 11 heavy (non-hydrogen) atoms. The fourth-order valence-corrected chi connectivity index (χ4v) is 1.74. The van der Waals surface area contributed by atoms with Crippen LogP contribution in [-0.4, -0.2) is 23.4 Å². The molecule has 0 bridgehead atoms. The van der Waals surface area contributed by atoms with E-state index in [1.165, 1.54) is 0 Å². The maximum atomic E-state index is 9.07. The second kappa shape index (κ2) is 3.55. The number of aliphatic hydroxyl groups is 2. The Kier molecular flexibility index (Phi) is 2.90. The normalized spacial score (nSPS) is 25.4. The molecule has 1 aliphatic rings. The first-order chi connectivity index (χ1) is 5.22. The quantitative estimate of drug-likeness (QED) is 0.633. The van der Waals surface area contributed by atoms with E-state index in [2.05, 4.69) is 6.92 Å². The third kappa shape index (κ3) is 1.94. The topological polar surface area (TPSA) is 40.5 Å². The summed E-state index contributed by atoms with van der Waals surface area (Å²) in [5.74, 6) is 0.779. The van der Waals surface area contributed by atoms with Crippen molar-refractivity contribution in [1.82, 2.24) is 0 Å². The molecule has 1 aliphatic carbocycles. The van der Waals surface area contributed by atoms with Gasteiger partial charge in [0, 0.05) is 5.41 Å². The van der Waals surface area contributed by atoms with E-state index in [0.717, 1.165) is 31.6 Å². The number of aliphatic hydroxyl groups excluding tert-OH is 2. The zero-order valence-corrected chi connectivity index (χ0v) is 7.21. The van der Waals surface area contributed by atoms with E-state index in [-0.39, 0.29) is 18.6 Å². The van der Waals surface area contributed by atoms with Crippen LogP contribution in [0.1, 0.15) is 32.6 Å². The fraction of sp³-hybridized carbons (Fsp3) is 1.00. The van der Waals surface area contributed by atoms with Crippen molar-refractivity contribution in [2.45, 2.75) is 32.6 Å². The van der Waals surface area contributed by atoms with Gasteiger partial charge < -0.3 is 10.2 Å². The zero-order valence-electron chi connectivity index (χ0n) is 7.21. The van der Waals surface area contributed by atoms with Gasteiger partial charge in [-0.1, -0.05) is 19.8 Å². The molecule has 2 heteroatoms. The lowest BCUT2D eigenvalue weighted by Crippen LogP contribution is -2.33. The molecule has 2 N–H and O–H groups in total. The van der Waals surface area contributed by atoms with E-state index in [1.807, 2.05) is 0 Å². The molecular formula is C9H18O2. The Bertz CT molecular complexity index is 109. The van der Waals surface area contributed by atoms with Gasteiger partial charge in [0.05, 0.1) is 13.2 Å². The second-order valence-corrected chi connectivity index (χ2v) is 4.00. The molecule has 66 valence electrons. The van der Waals surface area contributed by atoms with E-state index in [0.29, 0.717) is 0 Å². The van der Waals surface area contributed by atoms with Crippen molar-refractivity contribution in [2.24, 2.45) is 11.3 Å². The fourth-order valence-electron chi connectivity index (χ4n) is 1.74. The molecule has 0 unspecified atom stereocenters. The minimum absolute atomic E-state index is 0.146. The van der Waals surface area contributed by atoms with Crippen molar-refractivity contribution in [3.8, 4) is 0 Å². The van der Waals surface area contributed by atoms with Gasteiger partial charge in [-0.15, -0.1) is 0 Å². The Labute approximate surface area is 68.2 Å². The molecule has 0 aromatic heterocycles. The Morgan fingerprint density at radius 1 is 1.18 bits per heavy atom. The Balaban J connectivity index is 2.45. The van der Waals surface area contributed by atoms with Crippen LogP contribution in [0.5, 0.6) is 0 Å². The summed E-state index contributed by atoms with van der Waals surface area (Å²) in [6, 6.07) is 0. The molecular weight excluding hydrogens is 140 g/mol. The van der Waals surface area contributed by atoms with Crippen LogP contribution >= 0.6 is 0 Å². The van der Waals surface area contributed by atoms with Crippen LogP contribution in [-0.2, 0) is 0 Å². The van der Waals surface area contributed by atoms with Crippen molar-refractivity contribution in [3.05, 3.63) is 0 Å². The highest BCUT2D eigenvalue weighted by Crippen LogP contribution is 2.37. The van der Waals surface area contributed by atoms with E-state index in [9.17, 15) is 0 Å². The molecule has 0 saturated heterocycles. The summed E-state index contributed by atoms with van der Waals surface area (Å²) < 4.78 is 0. The first-order valence-electron chi connectivity index (χ1n) is 4.44. The molecule has 0 spiro atoms. The van der Waals surface area contributed by atoms with Crippen LogP contribution in [0.15, 0.2) is 0 Å². The van der Waals surface area contributed by atoms with E-state index in [1.54, 1.807) is 0 Å². The smallest absolute Gasteiger partial charge is 0.0509 e. The molecule has 1 rings (SSSR count). The SMILES string of the molecule is CC1CCC(CO)(CO)CC1. The summed E-state index contributed by atoms with van der Waals surface area (Å²) in [4.78, 5) is 0. The van der Waals surface area contributed by atoms with Crippen LogP contribution in [0.4, 0.5) is 0 Å². The van der Waals surface area contributed by atoms with Crippen molar-refractivity contribution in [1.29, 1.82) is 0 Å². The maximum Gasteiger partial charge on any atom is 0.0509 e. The molecule has 0 heterocycles. The van der Waals surface area contributed by atoms with Gasteiger partial charge in [0.25, 0.3) is 0 Å². The molecule has 0 aliphatic heterocycles. The minimum atomic E-state index is -0.146. The van der Waals surface area contributed by atoms with E-state index < -0.39 is 0 Å². The average Bonchev–Trinajstić information content (AvgIpc) is 2.07. The molecule has 0 radical (unpaired) electrons. The largest absolute Gasteiger partial charge is 0.396 e. The summed E-state index contributed by atoms with van der Waals surface area (Å²) in [5, 5.41) is 18.1. The Hall–Kier alpha value is -0.0800. The highest BCUT2D eigenvalue weighted by Gasteiger charge is 2.32. The first kappa shape index (κ1) is 9.01. The molecule has 0 amide bonds. The average molecular weight is 158 g/mol. The molecule has 1 fully saturated rings. The Morgan fingerprint density at radius 3 is 2.00 bits per heavy atom. The van der Waals surface area contributed by atoms with Gasteiger partial charge in [0.2, 0.25) is 0 Å². The molecule has 2 nitrogen and oxygen atoms in total. The summed E-state index contributed by atoms with van der Waals surface area (Å²) >= 11 is 0. The van der Waals surface area contributed by atoms with Crippen molar-refractivity contribution in [3.63, 3.8) is 0 Å². The first-order valence-corrected chi connectivity index (χ1v) is 4.44. The third-order valence-corrected chi connectivity index (χ3v) is 3.01. The lowest BCUT2D eigenvalue weighted by Gasteiger charge is -2.36. The Morgan fingerprint density at radius 2 is 1.64 bits per heavy atom. The van der Waals surface area contributed by atoms with E-state index >= 15 is 0 Å². The van der Waals surface area contributed by atoms with Gasteiger partial charge >= 0.3 is 0 Å². The number of hydrogen-bond acceptors (Lipinski definition) is 2. The van der Waals surface area contributed by atoms with Gasteiger partial charge in [-0.25, -0.2) is 0 Å². The van der Waals surface area contributed by atoms with Crippen LogP contribution in [0.3, 0.4) is 0 Å². The van der Waals surface area contributed by atoms with Crippen LogP contribution < -0.4 is 0 Å². The second-order valence-electron chi connectivity index (χ2n) is 4.00. The molecule has 1 saturated carbocycles. The third-order valence-electron chi connectivity index (χ3n) is 3.01. The summed E-state index contributed by atoms with van der Waals surface area (Å²) in [5.41, 5.74) is -0.146. The summed E-state index contributed by atoms with van der Waals surface area (Å²) in [6.45, 7) is 2.53. The highest BCUT2D eigenvalue weighted by atomic mass is 16.3. The van der Waals surface area contributed by atoms with Crippen molar-refractivity contribution < 1.29 is 10.2 Å². The van der Waals surface area contributed by atoms with Crippen molar-refractivity contribution >= 4 is 0 Å². The predicted molar refractivity (Wildman–Crippen MR) is 44.2 cm³/mol. The number of rotatable bonds is 2. The maximum absolute atomic E-state index is 9.07.